The van der Waals surface area contributed by atoms with Crippen molar-refractivity contribution in [1.29, 1.82) is 0 Å². The standard InChI is InChI=1S/C14H17F4N/c1-9(2)4-7-13(19-3)10-5-6-12(15)11(8-10)14(16,17)18/h5-6,8,13,19H,1,4,7H2,2-3H3. The lowest BCUT2D eigenvalue weighted by Crippen LogP contribution is -2.18. The SMILES string of the molecule is C=C(C)CCC(NC)c1ccc(F)c(C(F)(F)F)c1. The van der Waals surface area contributed by atoms with E-state index in [1.807, 2.05) is 6.92 Å². The number of hydrogen-bond donors (Lipinski definition) is 1. The second-order valence-electron chi connectivity index (χ2n) is 4.57. The van der Waals surface area contributed by atoms with Gasteiger partial charge in [0.2, 0.25) is 0 Å². The third-order valence-electron chi connectivity index (χ3n) is 2.91. The summed E-state index contributed by atoms with van der Waals surface area (Å²) in [7, 11) is 1.67. The Labute approximate surface area is 110 Å². The number of halogens is 4. The van der Waals surface area contributed by atoms with E-state index in [2.05, 4.69) is 11.9 Å². The molecule has 1 aromatic carbocycles. The predicted molar refractivity (Wildman–Crippen MR) is 67.3 cm³/mol. The molecule has 0 bridgehead atoms. The number of benzene rings is 1. The van der Waals surface area contributed by atoms with Crippen LogP contribution in [0.5, 0.6) is 0 Å². The maximum absolute atomic E-state index is 13.2. The minimum absolute atomic E-state index is 0.251. The van der Waals surface area contributed by atoms with E-state index in [-0.39, 0.29) is 6.04 Å². The lowest BCUT2D eigenvalue weighted by Gasteiger charge is -2.18. The predicted octanol–water partition coefficient (Wildman–Crippen LogP) is 4.46. The molecule has 1 unspecified atom stereocenters. The summed E-state index contributed by atoms with van der Waals surface area (Å²) >= 11 is 0. The molecule has 0 fully saturated rings. The van der Waals surface area contributed by atoms with Gasteiger partial charge in [-0.05, 0) is 44.5 Å². The van der Waals surface area contributed by atoms with E-state index in [4.69, 9.17) is 0 Å². The number of alkyl halides is 3. The highest BCUT2D eigenvalue weighted by atomic mass is 19.4. The fourth-order valence-corrected chi connectivity index (χ4v) is 1.85. The van der Waals surface area contributed by atoms with Crippen molar-refractivity contribution in [1.82, 2.24) is 5.32 Å². The van der Waals surface area contributed by atoms with E-state index in [1.54, 1.807) is 7.05 Å². The molecule has 1 nitrogen and oxygen atoms in total. The Bertz CT molecular complexity index is 451. The molecule has 1 N–H and O–H groups in total. The zero-order valence-corrected chi connectivity index (χ0v) is 10.9. The zero-order chi connectivity index (χ0) is 14.6. The quantitative estimate of drug-likeness (QED) is 0.618. The van der Waals surface area contributed by atoms with Crippen LogP contribution < -0.4 is 5.32 Å². The van der Waals surface area contributed by atoms with Gasteiger partial charge in [0.05, 0.1) is 5.56 Å². The normalized spacial score (nSPS) is 13.4. The molecule has 0 spiro atoms. The molecule has 0 heterocycles. The van der Waals surface area contributed by atoms with Gasteiger partial charge < -0.3 is 5.32 Å². The molecule has 1 rings (SSSR count). The lowest BCUT2D eigenvalue weighted by atomic mass is 9.98. The highest BCUT2D eigenvalue weighted by molar-refractivity contribution is 5.29. The van der Waals surface area contributed by atoms with Crippen molar-refractivity contribution >= 4 is 0 Å². The maximum atomic E-state index is 13.2. The van der Waals surface area contributed by atoms with Gasteiger partial charge in [0, 0.05) is 6.04 Å². The molecule has 0 aliphatic carbocycles. The van der Waals surface area contributed by atoms with Crippen LogP contribution in [-0.2, 0) is 6.18 Å². The van der Waals surface area contributed by atoms with Crippen LogP contribution in [0.1, 0.15) is 36.9 Å². The second-order valence-corrected chi connectivity index (χ2v) is 4.57. The van der Waals surface area contributed by atoms with Crippen LogP contribution in [0.25, 0.3) is 0 Å². The van der Waals surface area contributed by atoms with Crippen LogP contribution in [0.2, 0.25) is 0 Å². The van der Waals surface area contributed by atoms with Crippen molar-refractivity contribution in [2.45, 2.75) is 32.0 Å². The van der Waals surface area contributed by atoms with Gasteiger partial charge in [0.25, 0.3) is 0 Å². The van der Waals surface area contributed by atoms with Gasteiger partial charge in [-0.3, -0.25) is 0 Å². The summed E-state index contributed by atoms with van der Waals surface area (Å²) in [6, 6.07) is 2.86. The smallest absolute Gasteiger partial charge is 0.313 e. The average molecular weight is 275 g/mol. The summed E-state index contributed by atoms with van der Waals surface area (Å²) in [6.45, 7) is 5.62. The maximum Gasteiger partial charge on any atom is 0.419 e. The molecule has 0 aromatic heterocycles. The summed E-state index contributed by atoms with van der Waals surface area (Å²) < 4.78 is 51.1. The minimum Gasteiger partial charge on any atom is -0.313 e. The van der Waals surface area contributed by atoms with Gasteiger partial charge in [-0.1, -0.05) is 11.6 Å². The van der Waals surface area contributed by atoms with Crippen LogP contribution in [0.4, 0.5) is 17.6 Å². The monoisotopic (exact) mass is 275 g/mol. The number of allylic oxidation sites excluding steroid dienone is 1. The first kappa shape index (κ1) is 15.7. The van der Waals surface area contributed by atoms with Crippen LogP contribution in [-0.4, -0.2) is 7.05 Å². The van der Waals surface area contributed by atoms with Crippen molar-refractivity contribution in [2.75, 3.05) is 7.05 Å². The molecule has 0 aliphatic rings. The third-order valence-corrected chi connectivity index (χ3v) is 2.91. The minimum atomic E-state index is -4.67. The molecule has 106 valence electrons. The number of rotatable bonds is 5. The molecular formula is C14H17F4N. The van der Waals surface area contributed by atoms with E-state index < -0.39 is 17.6 Å². The van der Waals surface area contributed by atoms with E-state index in [0.717, 1.165) is 17.7 Å². The van der Waals surface area contributed by atoms with Crippen molar-refractivity contribution < 1.29 is 17.6 Å². The molecule has 0 aliphatic heterocycles. The summed E-state index contributed by atoms with van der Waals surface area (Å²) in [5.41, 5.74) is 0.163. The Balaban J connectivity index is 3.02. The van der Waals surface area contributed by atoms with Crippen molar-refractivity contribution in [3.63, 3.8) is 0 Å². The summed E-state index contributed by atoms with van der Waals surface area (Å²) in [4.78, 5) is 0. The fourth-order valence-electron chi connectivity index (χ4n) is 1.85. The molecule has 0 saturated carbocycles. The summed E-state index contributed by atoms with van der Waals surface area (Å²) in [6.07, 6.45) is -3.36. The first-order chi connectivity index (χ1) is 8.75. The van der Waals surface area contributed by atoms with Gasteiger partial charge in [0.1, 0.15) is 5.82 Å². The first-order valence-corrected chi connectivity index (χ1v) is 5.94. The van der Waals surface area contributed by atoms with E-state index in [9.17, 15) is 17.6 Å². The molecule has 19 heavy (non-hydrogen) atoms. The topological polar surface area (TPSA) is 12.0 Å². The van der Waals surface area contributed by atoms with Gasteiger partial charge >= 0.3 is 6.18 Å². The van der Waals surface area contributed by atoms with Crippen LogP contribution in [0.3, 0.4) is 0 Å². The van der Waals surface area contributed by atoms with Crippen molar-refractivity contribution in [3.05, 3.63) is 47.3 Å². The molecule has 5 heteroatoms. The van der Waals surface area contributed by atoms with Crippen molar-refractivity contribution in [2.24, 2.45) is 0 Å². The number of hydrogen-bond acceptors (Lipinski definition) is 1. The molecular weight excluding hydrogens is 258 g/mol. The molecule has 0 radical (unpaired) electrons. The molecule has 1 atom stereocenters. The summed E-state index contributed by atoms with van der Waals surface area (Å²) in [5.74, 6) is -1.24. The highest BCUT2D eigenvalue weighted by Crippen LogP contribution is 2.33. The molecule has 0 amide bonds. The Morgan fingerprint density at radius 3 is 2.47 bits per heavy atom. The van der Waals surface area contributed by atoms with Gasteiger partial charge in [0.15, 0.2) is 0 Å². The molecule has 1 aromatic rings. The van der Waals surface area contributed by atoms with Gasteiger partial charge in [-0.25, -0.2) is 4.39 Å². The Morgan fingerprint density at radius 2 is 2.00 bits per heavy atom. The third kappa shape index (κ3) is 4.35. The van der Waals surface area contributed by atoms with E-state index in [1.165, 1.54) is 6.07 Å². The van der Waals surface area contributed by atoms with Crippen LogP contribution in [0, 0.1) is 5.82 Å². The zero-order valence-electron chi connectivity index (χ0n) is 10.9. The number of nitrogens with one attached hydrogen (secondary N) is 1. The van der Waals surface area contributed by atoms with Crippen molar-refractivity contribution in [3.8, 4) is 0 Å². The Hall–Kier alpha value is -1.36. The Kier molecular flexibility index (Phi) is 5.11. The lowest BCUT2D eigenvalue weighted by molar-refractivity contribution is -0.140. The Morgan fingerprint density at radius 1 is 1.37 bits per heavy atom. The van der Waals surface area contributed by atoms with Gasteiger partial charge in [-0.2, -0.15) is 13.2 Å². The fraction of sp³-hybridized carbons (Fsp3) is 0.429. The highest BCUT2D eigenvalue weighted by Gasteiger charge is 2.34. The average Bonchev–Trinajstić information content (AvgIpc) is 2.29. The summed E-state index contributed by atoms with van der Waals surface area (Å²) in [5, 5.41) is 2.94. The van der Waals surface area contributed by atoms with Crippen LogP contribution >= 0.6 is 0 Å². The van der Waals surface area contributed by atoms with E-state index >= 15 is 0 Å². The largest absolute Gasteiger partial charge is 0.419 e. The second kappa shape index (κ2) is 6.19. The van der Waals surface area contributed by atoms with Gasteiger partial charge in [-0.15, -0.1) is 6.58 Å². The first-order valence-electron chi connectivity index (χ1n) is 5.94. The van der Waals surface area contributed by atoms with Crippen LogP contribution in [0.15, 0.2) is 30.4 Å². The van der Waals surface area contributed by atoms with E-state index in [0.29, 0.717) is 18.4 Å². The molecule has 0 saturated heterocycles.